The molecule has 0 aromatic carbocycles. The van der Waals surface area contributed by atoms with E-state index in [9.17, 15) is 102 Å². The first-order valence-corrected chi connectivity index (χ1v) is 34.6. The number of aliphatic hydroxyl groups excluding tert-OH is 19. The van der Waals surface area contributed by atoms with Gasteiger partial charge in [-0.25, -0.2) is 0 Å². The maximum Gasteiger partial charge on any atom is 0.187 e. The highest BCUT2D eigenvalue weighted by Crippen LogP contribution is 2.75. The molecule has 7 aliphatic heterocycles. The number of ether oxygens (including phenoxy) is 13. The van der Waals surface area contributed by atoms with Gasteiger partial charge in [0.1, 0.15) is 146 Å². The van der Waals surface area contributed by atoms with Crippen molar-refractivity contribution in [1.82, 2.24) is 0 Å². The molecular formula is C65H108O33. The lowest BCUT2D eigenvalue weighted by atomic mass is 9.39. The average Bonchev–Trinajstić information content (AvgIpc) is 1.37. The molecule has 7 heterocycles. The van der Waals surface area contributed by atoms with E-state index >= 15 is 0 Å². The minimum absolute atomic E-state index is 0.00331. The van der Waals surface area contributed by atoms with Crippen LogP contribution in [0.5, 0.6) is 0 Å². The Morgan fingerprint density at radius 3 is 1.49 bits per heavy atom. The molecule has 2 bridgehead atoms. The average molecular weight is 1420 g/mol. The van der Waals surface area contributed by atoms with Gasteiger partial charge in [-0.3, -0.25) is 0 Å². The standard InChI is InChI=1S/C65H108O33/c1-61(2)24-8-11-34-63(5,25(24)9-12-35(61)95-59-53(97-57-50(83)45(78)39(72)30(20-68)91-57)46(79)40(73)32(93-59)22-86-55-48(81)43(76)37(70)28(18-66)89-55)16-17-64(6)26(14-15-65(34,64)7)27-10-13-36(62(3,4)85)96-60-54(98-58-51(84)52(88-27)42(75)31(21-69)92-58)47(80)41(74)33(94-60)23-87-56-49(82)44(77)38(71)29(19-67)90-56/h8,25-60,66-85H,9-23H2,1-7H3/t25?,26-,27-,28?,29?,30?,31?,32?,33?,34?,35+,36?,37?,38?,39?,40?,41?,42?,43?,44?,45?,46?,47?,48?,49?,50?,51?,52?,53?,54?,55?,56?,57?,58?,59?,60?,63+,64-,65+/m1/s1. The van der Waals surface area contributed by atoms with E-state index in [0.29, 0.717) is 32.1 Å². The van der Waals surface area contributed by atoms with Crippen LogP contribution in [0.1, 0.15) is 106 Å². The third kappa shape index (κ3) is 13.9. The van der Waals surface area contributed by atoms with Gasteiger partial charge in [0.05, 0.1) is 63.6 Å². The van der Waals surface area contributed by atoms with Gasteiger partial charge in [-0.1, -0.05) is 46.3 Å². The molecule has 0 aromatic heterocycles. The minimum Gasteiger partial charge on any atom is -0.394 e. The summed E-state index contributed by atoms with van der Waals surface area (Å²) in [7, 11) is 0. The smallest absolute Gasteiger partial charge is 0.187 e. The van der Waals surface area contributed by atoms with E-state index in [1.165, 1.54) is 13.8 Å². The second-order valence-corrected chi connectivity index (χ2v) is 31.1. The van der Waals surface area contributed by atoms with Crippen LogP contribution in [0.4, 0.5) is 0 Å². The van der Waals surface area contributed by atoms with Crippen molar-refractivity contribution in [2.24, 2.45) is 39.4 Å². The molecule has 0 spiro atoms. The van der Waals surface area contributed by atoms with Crippen molar-refractivity contribution in [2.45, 2.75) is 314 Å². The summed E-state index contributed by atoms with van der Waals surface area (Å²) >= 11 is 0. The van der Waals surface area contributed by atoms with Gasteiger partial charge >= 0.3 is 0 Å². The second-order valence-electron chi connectivity index (χ2n) is 31.1. The molecule has 39 atom stereocenters. The lowest BCUT2D eigenvalue weighted by Crippen LogP contribution is -2.66. The fourth-order valence-corrected chi connectivity index (χ4v) is 18.5. The molecule has 33 heteroatoms. The molecule has 0 amide bonds. The Bertz CT molecular complexity index is 2650. The van der Waals surface area contributed by atoms with E-state index in [4.69, 9.17) is 61.6 Å². The lowest BCUT2D eigenvalue weighted by Gasteiger charge is -2.66. The number of fused-ring (bicyclic) bond motifs is 8. The molecule has 20 N–H and O–H groups in total. The highest BCUT2D eigenvalue weighted by molar-refractivity contribution is 5.31. The molecule has 4 aliphatic carbocycles. The summed E-state index contributed by atoms with van der Waals surface area (Å²) in [5.74, 6) is -0.172. The van der Waals surface area contributed by atoms with Gasteiger partial charge in [0, 0.05) is 5.41 Å². The van der Waals surface area contributed by atoms with Crippen molar-refractivity contribution in [3.8, 4) is 0 Å². The first-order valence-electron chi connectivity index (χ1n) is 34.6. The van der Waals surface area contributed by atoms with Gasteiger partial charge in [-0.15, -0.1) is 0 Å². The van der Waals surface area contributed by atoms with E-state index < -0.39 is 259 Å². The highest BCUT2D eigenvalue weighted by Gasteiger charge is 2.69. The summed E-state index contributed by atoms with van der Waals surface area (Å²) in [6, 6.07) is 0. The van der Waals surface area contributed by atoms with Crippen LogP contribution in [0.15, 0.2) is 11.6 Å². The Morgan fingerprint density at radius 1 is 0.429 bits per heavy atom. The van der Waals surface area contributed by atoms with Crippen molar-refractivity contribution < 1.29 is 164 Å². The third-order valence-electron chi connectivity index (χ3n) is 24.8. The fourth-order valence-electron chi connectivity index (χ4n) is 18.5. The summed E-state index contributed by atoms with van der Waals surface area (Å²) < 4.78 is 79.9. The number of aliphatic hydroxyl groups is 20. The van der Waals surface area contributed by atoms with Crippen LogP contribution in [0, 0.1) is 39.4 Å². The normalized spacial score (nSPS) is 54.0. The molecule has 0 aromatic rings. The van der Waals surface area contributed by atoms with E-state index in [-0.39, 0.29) is 41.4 Å². The predicted molar refractivity (Wildman–Crippen MR) is 325 cm³/mol. The number of rotatable bonds is 16. The van der Waals surface area contributed by atoms with Crippen LogP contribution in [0.2, 0.25) is 0 Å². The summed E-state index contributed by atoms with van der Waals surface area (Å²) in [5.41, 5.74) is -2.48. The summed E-state index contributed by atoms with van der Waals surface area (Å²) in [6.45, 7) is 9.73. The monoisotopic (exact) mass is 1420 g/mol. The van der Waals surface area contributed by atoms with Gasteiger partial charge in [0.2, 0.25) is 0 Å². The molecule has 98 heavy (non-hydrogen) atoms. The number of hydrogen-bond donors (Lipinski definition) is 20. The molecule has 3 saturated carbocycles. The van der Waals surface area contributed by atoms with Crippen LogP contribution in [0.3, 0.4) is 0 Å². The Hall–Kier alpha value is -1.58. The molecule has 7 saturated heterocycles. The predicted octanol–water partition coefficient (Wildman–Crippen LogP) is -6.78. The van der Waals surface area contributed by atoms with Gasteiger partial charge in [-0.2, -0.15) is 0 Å². The first kappa shape index (κ1) is 77.5. The second kappa shape index (κ2) is 30.0. The van der Waals surface area contributed by atoms with Crippen molar-refractivity contribution >= 4 is 0 Å². The van der Waals surface area contributed by atoms with Crippen molar-refractivity contribution in [3.05, 3.63) is 11.6 Å². The highest BCUT2D eigenvalue weighted by atomic mass is 16.8. The van der Waals surface area contributed by atoms with E-state index in [0.717, 1.165) is 18.4 Å². The Kier molecular flexibility index (Phi) is 23.7. The summed E-state index contributed by atoms with van der Waals surface area (Å²) in [5, 5.41) is 219. The Morgan fingerprint density at radius 2 is 0.929 bits per heavy atom. The molecule has 10 fully saturated rings. The molecular weight excluding hydrogens is 1310 g/mol. The SMILES string of the molecule is CC(C)(O)C1CC[C@H]([C@H]2CC[C@@]3(C)C4CC=C5C(CC[C@H](OC6OC(COC7OC(CO)C(O)C(O)C7O)C(O)C(O)C6OC6OC(CO)C(O)C(O)C6O)C5(C)C)[C@]4(C)CC[C@]23C)OC2C(O)C(CO)OC(OC3C(OC(COC4OC(CO)C(O)C(O)C4O)C(O)C3O)O1)C2O. The lowest BCUT2D eigenvalue weighted by molar-refractivity contribution is -0.386. The fraction of sp³-hybridized carbons (Fsp3) is 0.969. The van der Waals surface area contributed by atoms with Crippen LogP contribution < -0.4 is 0 Å². The molecule has 33 nitrogen and oxygen atoms in total. The summed E-state index contributed by atoms with van der Waals surface area (Å²) in [4.78, 5) is 0. The summed E-state index contributed by atoms with van der Waals surface area (Å²) in [6.07, 6.45) is -46.0. The quantitative estimate of drug-likeness (QED) is 0.0639. The minimum atomic E-state index is -1.93. The molecule has 566 valence electrons. The first-order chi connectivity index (χ1) is 46.1. The molecule has 11 aliphatic rings. The largest absolute Gasteiger partial charge is 0.394 e. The van der Waals surface area contributed by atoms with Crippen LogP contribution in [-0.2, 0) is 61.6 Å². The van der Waals surface area contributed by atoms with Crippen LogP contribution in [-0.4, -0.2) is 350 Å². The number of hydrogen-bond acceptors (Lipinski definition) is 33. The van der Waals surface area contributed by atoms with E-state index in [2.05, 4.69) is 26.8 Å². The van der Waals surface area contributed by atoms with E-state index in [1.807, 2.05) is 13.8 Å². The van der Waals surface area contributed by atoms with Gasteiger partial charge in [0.25, 0.3) is 0 Å². The maximum absolute atomic E-state index is 12.3. The van der Waals surface area contributed by atoms with Crippen molar-refractivity contribution in [2.75, 3.05) is 39.6 Å². The van der Waals surface area contributed by atoms with Gasteiger partial charge < -0.3 is 164 Å². The molecule has 33 unspecified atom stereocenters. The van der Waals surface area contributed by atoms with Crippen molar-refractivity contribution in [3.63, 3.8) is 0 Å². The zero-order chi connectivity index (χ0) is 71.4. The van der Waals surface area contributed by atoms with Gasteiger partial charge in [0.15, 0.2) is 37.7 Å². The van der Waals surface area contributed by atoms with E-state index in [1.54, 1.807) is 0 Å². The molecule has 0 radical (unpaired) electrons. The van der Waals surface area contributed by atoms with Crippen molar-refractivity contribution in [1.29, 1.82) is 0 Å². The Balaban J connectivity index is 0.836. The Labute approximate surface area is 567 Å². The van der Waals surface area contributed by atoms with Crippen LogP contribution in [0.25, 0.3) is 0 Å². The maximum atomic E-state index is 12.3. The van der Waals surface area contributed by atoms with Crippen LogP contribution >= 0.6 is 0 Å². The third-order valence-corrected chi connectivity index (χ3v) is 24.8. The zero-order valence-electron chi connectivity index (χ0n) is 56.2. The molecule has 11 rings (SSSR count). The number of allylic oxidation sites excluding steroid dienone is 1. The topological polar surface area (TPSA) is 525 Å². The van der Waals surface area contributed by atoms with Gasteiger partial charge in [-0.05, 0) is 106 Å². The zero-order valence-corrected chi connectivity index (χ0v) is 56.2.